The summed E-state index contributed by atoms with van der Waals surface area (Å²) in [6, 6.07) is 4.10. The molecule has 5 N–H and O–H groups in total. The van der Waals surface area contributed by atoms with E-state index in [1.165, 1.54) is 44.9 Å². The second-order valence-electron chi connectivity index (χ2n) is 9.02. The lowest BCUT2D eigenvalue weighted by atomic mass is 9.84. The van der Waals surface area contributed by atoms with E-state index in [9.17, 15) is 9.90 Å². The molecule has 0 saturated heterocycles. The Kier molecular flexibility index (Phi) is 9.94. The molecule has 3 fully saturated rings. The van der Waals surface area contributed by atoms with Crippen LogP contribution in [0.4, 0.5) is 0 Å². The monoisotopic (exact) mass is 431 g/mol. The van der Waals surface area contributed by atoms with Crippen LogP contribution in [0.5, 0.6) is 0 Å². The zero-order valence-corrected chi connectivity index (χ0v) is 19.3. The van der Waals surface area contributed by atoms with E-state index >= 15 is 0 Å². The molecule has 6 nitrogen and oxygen atoms in total. The molecule has 0 spiro atoms. The van der Waals surface area contributed by atoms with E-state index < -0.39 is 11.5 Å². The molecule has 0 aromatic carbocycles. The Bertz CT molecular complexity index is 706. The van der Waals surface area contributed by atoms with Gasteiger partial charge in [0.05, 0.1) is 17.2 Å². The van der Waals surface area contributed by atoms with E-state index in [1.54, 1.807) is 0 Å². The fourth-order valence-electron chi connectivity index (χ4n) is 5.11. The van der Waals surface area contributed by atoms with E-state index in [4.69, 9.17) is 15.5 Å². The first-order valence-corrected chi connectivity index (χ1v) is 12.2. The van der Waals surface area contributed by atoms with Gasteiger partial charge >= 0.3 is 0 Å². The van der Waals surface area contributed by atoms with Crippen molar-refractivity contribution in [1.29, 1.82) is 0 Å². The molecule has 0 radical (unpaired) electrons. The highest BCUT2D eigenvalue weighted by Crippen LogP contribution is 2.49. The number of nitrogens with two attached hydrogens (primary N) is 2. The minimum Gasteiger partial charge on any atom is -0.387 e. The van der Waals surface area contributed by atoms with Crippen LogP contribution in [0.15, 0.2) is 12.1 Å². The second-order valence-corrected chi connectivity index (χ2v) is 9.02. The molecule has 3 aliphatic carbocycles. The minimum absolute atomic E-state index is 0.227. The van der Waals surface area contributed by atoms with Gasteiger partial charge in [0, 0.05) is 11.6 Å². The van der Waals surface area contributed by atoms with Crippen molar-refractivity contribution in [2.24, 2.45) is 17.4 Å². The number of hydrogen-bond acceptors (Lipinski definition) is 4. The number of carbonyl (C=O) groups excluding carboxylic acids is 2. The molecular formula is C25H41N3O3. The predicted octanol–water partition coefficient (Wildman–Crippen LogP) is 4.39. The molecule has 3 saturated carbocycles. The molecular weight excluding hydrogens is 390 g/mol. The summed E-state index contributed by atoms with van der Waals surface area (Å²) >= 11 is 0. The van der Waals surface area contributed by atoms with Crippen LogP contribution in [0, 0.1) is 5.92 Å². The average Bonchev–Trinajstić information content (AvgIpc) is 3.47. The van der Waals surface area contributed by atoms with Gasteiger partial charge in [-0.1, -0.05) is 58.8 Å². The Balaban J connectivity index is 0.000000630. The molecule has 6 heteroatoms. The standard InChI is InChI=1S/C22H32N2O2.C2H6.CH3NO/c23-21(26)22(10-11-22)17-13-18(16-8-2-1-3-9-16)24-19(14-17)20(25)12-15-6-4-5-7-15;1-2;2-1-3/h13-16,20,25H,1-12H2,(H2,23,26);1-2H3;1H,(H2,2,3). The van der Waals surface area contributed by atoms with Crippen LogP contribution in [-0.2, 0) is 15.0 Å². The van der Waals surface area contributed by atoms with Crippen molar-refractivity contribution in [3.8, 4) is 0 Å². The van der Waals surface area contributed by atoms with Gasteiger partial charge in [0.2, 0.25) is 12.3 Å². The smallest absolute Gasteiger partial charge is 0.228 e. The minimum atomic E-state index is -0.524. The molecule has 1 heterocycles. The Labute approximate surface area is 187 Å². The second kappa shape index (κ2) is 12.2. The molecule has 1 aromatic heterocycles. The topological polar surface area (TPSA) is 119 Å². The van der Waals surface area contributed by atoms with Gasteiger partial charge in [-0.3, -0.25) is 14.6 Å². The molecule has 174 valence electrons. The van der Waals surface area contributed by atoms with E-state index in [-0.39, 0.29) is 12.3 Å². The maximum atomic E-state index is 12.1. The number of rotatable bonds is 6. The largest absolute Gasteiger partial charge is 0.387 e. The van der Waals surface area contributed by atoms with Crippen molar-refractivity contribution in [1.82, 2.24) is 4.98 Å². The first-order valence-electron chi connectivity index (χ1n) is 12.2. The van der Waals surface area contributed by atoms with Crippen molar-refractivity contribution in [2.75, 3.05) is 0 Å². The summed E-state index contributed by atoms with van der Waals surface area (Å²) in [5, 5.41) is 10.9. The number of aliphatic hydroxyl groups excluding tert-OH is 1. The van der Waals surface area contributed by atoms with E-state index in [2.05, 4.69) is 11.8 Å². The summed E-state index contributed by atoms with van der Waals surface area (Å²) in [5.74, 6) is 0.846. The summed E-state index contributed by atoms with van der Waals surface area (Å²) in [5.41, 5.74) is 12.2. The molecule has 3 aliphatic rings. The third kappa shape index (κ3) is 6.52. The highest BCUT2D eigenvalue weighted by Gasteiger charge is 2.50. The van der Waals surface area contributed by atoms with E-state index in [0.717, 1.165) is 49.1 Å². The number of aliphatic hydroxyl groups is 1. The molecule has 31 heavy (non-hydrogen) atoms. The van der Waals surface area contributed by atoms with Gasteiger partial charge in [-0.05, 0) is 55.7 Å². The number of pyridine rings is 1. The molecule has 4 rings (SSSR count). The molecule has 0 aliphatic heterocycles. The summed E-state index contributed by atoms with van der Waals surface area (Å²) in [7, 11) is 0. The van der Waals surface area contributed by atoms with Crippen LogP contribution >= 0.6 is 0 Å². The lowest BCUT2D eigenvalue weighted by molar-refractivity contribution is -0.120. The quantitative estimate of drug-likeness (QED) is 0.579. The highest BCUT2D eigenvalue weighted by molar-refractivity contribution is 5.89. The van der Waals surface area contributed by atoms with Gasteiger partial charge < -0.3 is 16.6 Å². The summed E-state index contributed by atoms with van der Waals surface area (Å²) in [4.78, 5) is 25.6. The number of carbonyl (C=O) groups is 2. The molecule has 1 unspecified atom stereocenters. The van der Waals surface area contributed by atoms with Crippen LogP contribution in [0.2, 0.25) is 0 Å². The molecule has 2 amide bonds. The molecule has 0 bridgehead atoms. The normalized spacial score (nSPS) is 21.1. The fourth-order valence-corrected chi connectivity index (χ4v) is 5.11. The Hall–Kier alpha value is -1.95. The lowest BCUT2D eigenvalue weighted by Gasteiger charge is -2.25. The highest BCUT2D eigenvalue weighted by atomic mass is 16.3. The van der Waals surface area contributed by atoms with Crippen molar-refractivity contribution in [3.05, 3.63) is 29.1 Å². The van der Waals surface area contributed by atoms with Gasteiger partial charge in [-0.2, -0.15) is 0 Å². The van der Waals surface area contributed by atoms with Gasteiger partial charge in [0.15, 0.2) is 0 Å². The Morgan fingerprint density at radius 2 is 1.68 bits per heavy atom. The summed E-state index contributed by atoms with van der Waals surface area (Å²) < 4.78 is 0. The van der Waals surface area contributed by atoms with Crippen LogP contribution < -0.4 is 11.5 Å². The summed E-state index contributed by atoms with van der Waals surface area (Å²) in [6.07, 6.45) is 13.3. The maximum absolute atomic E-state index is 12.1. The van der Waals surface area contributed by atoms with Crippen molar-refractivity contribution in [3.63, 3.8) is 0 Å². The number of nitrogens with zero attached hydrogens (tertiary/aromatic N) is 1. The van der Waals surface area contributed by atoms with Crippen molar-refractivity contribution >= 4 is 12.3 Å². The van der Waals surface area contributed by atoms with Gasteiger partial charge in [-0.15, -0.1) is 0 Å². The average molecular weight is 432 g/mol. The third-order valence-electron chi connectivity index (χ3n) is 7.04. The Morgan fingerprint density at radius 1 is 1.13 bits per heavy atom. The zero-order chi connectivity index (χ0) is 22.9. The van der Waals surface area contributed by atoms with E-state index in [0.29, 0.717) is 11.8 Å². The number of primary amides is 2. The van der Waals surface area contributed by atoms with Crippen LogP contribution in [0.25, 0.3) is 0 Å². The lowest BCUT2D eigenvalue weighted by Crippen LogP contribution is -2.29. The summed E-state index contributed by atoms with van der Waals surface area (Å²) in [6.45, 7) is 4.00. The molecule has 1 atom stereocenters. The van der Waals surface area contributed by atoms with Gasteiger partial charge in [0.1, 0.15) is 0 Å². The number of hydrogen-bond donors (Lipinski definition) is 3. The van der Waals surface area contributed by atoms with Crippen LogP contribution in [0.1, 0.15) is 120 Å². The van der Waals surface area contributed by atoms with Gasteiger partial charge in [-0.25, -0.2) is 0 Å². The third-order valence-corrected chi connectivity index (χ3v) is 7.04. The maximum Gasteiger partial charge on any atom is 0.228 e. The SMILES string of the molecule is CC.NC(=O)C1(c2cc(C(O)CC3CCCC3)nc(C3CCCCC3)c2)CC1.NC=O. The van der Waals surface area contributed by atoms with E-state index in [1.807, 2.05) is 19.9 Å². The fraction of sp³-hybridized carbons (Fsp3) is 0.720. The first-order chi connectivity index (χ1) is 15.0. The van der Waals surface area contributed by atoms with Crippen molar-refractivity contribution in [2.45, 2.75) is 108 Å². The number of aromatic nitrogens is 1. The Morgan fingerprint density at radius 3 is 2.19 bits per heavy atom. The van der Waals surface area contributed by atoms with Crippen LogP contribution in [-0.4, -0.2) is 22.4 Å². The zero-order valence-electron chi connectivity index (χ0n) is 19.3. The van der Waals surface area contributed by atoms with Gasteiger partial charge in [0.25, 0.3) is 0 Å². The molecule has 1 aromatic rings. The van der Waals surface area contributed by atoms with Crippen molar-refractivity contribution < 1.29 is 14.7 Å². The number of amides is 2. The first kappa shape index (κ1) is 25.3. The predicted molar refractivity (Wildman–Crippen MR) is 123 cm³/mol. The van der Waals surface area contributed by atoms with Crippen LogP contribution in [0.3, 0.4) is 0 Å².